The smallest absolute Gasteiger partial charge is 0.320 e. The molecule has 1 aliphatic carbocycles. The number of amides is 4. The van der Waals surface area contributed by atoms with E-state index in [-0.39, 0.29) is 54.9 Å². The molecule has 1 saturated carbocycles. The zero-order valence-corrected chi connectivity index (χ0v) is 26.3. The zero-order valence-electron chi connectivity index (χ0n) is 26.3. The van der Waals surface area contributed by atoms with Crippen LogP contribution in [0, 0.1) is 11.8 Å². The summed E-state index contributed by atoms with van der Waals surface area (Å²) in [6, 6.07) is 11.8. The highest BCUT2D eigenvalue weighted by Gasteiger charge is 2.57. The zero-order chi connectivity index (χ0) is 30.1. The van der Waals surface area contributed by atoms with Crippen LogP contribution in [0.4, 0.5) is 4.79 Å². The van der Waals surface area contributed by atoms with Crippen LogP contribution >= 0.6 is 0 Å². The largest absolute Gasteiger partial charge is 0.381 e. The number of urea groups is 1. The number of fused-ring (bicyclic) bond motifs is 2. The molecule has 1 aromatic carbocycles. The molecule has 2 bridgehead atoms. The molecule has 5 aliphatic rings. The minimum absolute atomic E-state index is 0. The Kier molecular flexibility index (Phi) is 10.2. The predicted molar refractivity (Wildman–Crippen MR) is 172 cm³/mol. The Morgan fingerprint density at radius 3 is 2.30 bits per heavy atom. The molecular formula is C35H55N5O4. The van der Waals surface area contributed by atoms with Crippen LogP contribution in [0.3, 0.4) is 0 Å². The van der Waals surface area contributed by atoms with Crippen molar-refractivity contribution < 1.29 is 19.1 Å². The summed E-state index contributed by atoms with van der Waals surface area (Å²) >= 11 is 0. The number of hydrogen-bond acceptors (Lipinski definition) is 5. The van der Waals surface area contributed by atoms with Crippen LogP contribution in [0.2, 0.25) is 0 Å². The monoisotopic (exact) mass is 609 g/mol. The summed E-state index contributed by atoms with van der Waals surface area (Å²) in [6.45, 7) is 10.2. The SMILES string of the molecule is C.CC(=O)NC1CC(C(=O)N[C@@H](CCN2C3CCC2CC2(C3)CN(CC3CCOCC3)C(=O)N2C(C)C)c2ccccc2)C1. The highest BCUT2D eigenvalue weighted by atomic mass is 16.5. The van der Waals surface area contributed by atoms with E-state index in [9.17, 15) is 14.4 Å². The minimum Gasteiger partial charge on any atom is -0.381 e. The maximum absolute atomic E-state index is 13.8. The Balaban J connectivity index is 0.00000384. The number of benzene rings is 1. The number of ether oxygens (including phenoxy) is 1. The molecule has 4 aliphatic heterocycles. The molecule has 5 fully saturated rings. The Labute approximate surface area is 264 Å². The van der Waals surface area contributed by atoms with Gasteiger partial charge in [-0.1, -0.05) is 37.8 Å². The van der Waals surface area contributed by atoms with Crippen molar-refractivity contribution in [2.24, 2.45) is 11.8 Å². The third kappa shape index (κ3) is 6.79. The van der Waals surface area contributed by atoms with Crippen LogP contribution in [-0.2, 0) is 14.3 Å². The van der Waals surface area contributed by atoms with Crippen LogP contribution in [-0.4, -0.2) is 95.1 Å². The minimum atomic E-state index is -0.0829. The first-order valence-corrected chi connectivity index (χ1v) is 16.8. The first kappa shape index (κ1) is 32.7. The van der Waals surface area contributed by atoms with E-state index >= 15 is 0 Å². The number of nitrogens with zero attached hydrogens (tertiary/aromatic N) is 3. The average molecular weight is 610 g/mol. The van der Waals surface area contributed by atoms with E-state index in [1.807, 2.05) is 18.2 Å². The van der Waals surface area contributed by atoms with Crippen molar-refractivity contribution in [3.63, 3.8) is 0 Å². The number of nitrogens with one attached hydrogen (secondary N) is 2. The Hall–Kier alpha value is -2.65. The summed E-state index contributed by atoms with van der Waals surface area (Å²) in [6.07, 6.45) is 8.81. The number of carbonyl (C=O) groups is 3. The standard InChI is InChI=1S/C34H51N5O4.CH4/c1-23(2)39-33(42)37(21-25-12-15-43-16-13-25)22-34(39)19-29-9-10-30(20-34)38(29)14-11-31(26-7-5-4-6-8-26)36-32(41)27-17-28(18-27)35-24(3)40;/h4-8,23,25,27-31H,9-22H2,1-3H3,(H,35,40)(H,36,41);1H4/t27?,28?,29?,30?,31-,34?;/m0./s1. The van der Waals surface area contributed by atoms with Gasteiger partial charge < -0.3 is 25.2 Å². The van der Waals surface area contributed by atoms with Crippen LogP contribution < -0.4 is 10.6 Å². The van der Waals surface area contributed by atoms with Crippen LogP contribution in [0.25, 0.3) is 0 Å². The van der Waals surface area contributed by atoms with Gasteiger partial charge in [0.2, 0.25) is 11.8 Å². The first-order valence-electron chi connectivity index (χ1n) is 16.8. The van der Waals surface area contributed by atoms with Crippen LogP contribution in [0.1, 0.15) is 97.6 Å². The molecule has 2 N–H and O–H groups in total. The van der Waals surface area contributed by atoms with E-state index in [0.29, 0.717) is 30.8 Å². The molecule has 4 heterocycles. The van der Waals surface area contributed by atoms with Gasteiger partial charge >= 0.3 is 6.03 Å². The molecule has 44 heavy (non-hydrogen) atoms. The lowest BCUT2D eigenvalue weighted by atomic mass is 9.79. The fraction of sp³-hybridized carbons (Fsp3) is 0.743. The highest BCUT2D eigenvalue weighted by Crippen LogP contribution is 2.48. The number of rotatable bonds is 10. The highest BCUT2D eigenvalue weighted by molar-refractivity contribution is 5.81. The molecule has 4 amide bonds. The lowest BCUT2D eigenvalue weighted by molar-refractivity contribution is -0.131. The van der Waals surface area contributed by atoms with E-state index in [4.69, 9.17) is 4.74 Å². The predicted octanol–water partition coefficient (Wildman–Crippen LogP) is 4.72. The van der Waals surface area contributed by atoms with Gasteiger partial charge in [-0.15, -0.1) is 0 Å². The molecule has 1 aromatic rings. The van der Waals surface area contributed by atoms with Gasteiger partial charge in [-0.3, -0.25) is 14.5 Å². The topological polar surface area (TPSA) is 94.2 Å². The Bertz CT molecular complexity index is 1140. The second-order valence-electron chi connectivity index (χ2n) is 14.3. The van der Waals surface area contributed by atoms with E-state index in [0.717, 1.165) is 70.5 Å². The fourth-order valence-electron chi connectivity index (χ4n) is 8.92. The Morgan fingerprint density at radius 1 is 1.02 bits per heavy atom. The second kappa shape index (κ2) is 13.8. The molecule has 6 rings (SSSR count). The van der Waals surface area contributed by atoms with Crippen LogP contribution in [0.5, 0.6) is 0 Å². The van der Waals surface area contributed by atoms with E-state index in [1.165, 1.54) is 19.8 Å². The van der Waals surface area contributed by atoms with Gasteiger partial charge in [0.15, 0.2) is 0 Å². The molecule has 0 radical (unpaired) electrons. The van der Waals surface area contributed by atoms with Crippen molar-refractivity contribution in [3.05, 3.63) is 35.9 Å². The van der Waals surface area contributed by atoms with Gasteiger partial charge in [0.25, 0.3) is 0 Å². The molecule has 3 atom stereocenters. The number of carbonyl (C=O) groups excluding carboxylic acids is 3. The molecule has 9 nitrogen and oxygen atoms in total. The maximum Gasteiger partial charge on any atom is 0.320 e. The molecule has 1 spiro atoms. The molecular weight excluding hydrogens is 554 g/mol. The molecule has 244 valence electrons. The van der Waals surface area contributed by atoms with Gasteiger partial charge in [-0.25, -0.2) is 4.79 Å². The summed E-state index contributed by atoms with van der Waals surface area (Å²) in [7, 11) is 0. The molecule has 4 saturated heterocycles. The maximum atomic E-state index is 13.8. The summed E-state index contributed by atoms with van der Waals surface area (Å²) in [5.74, 6) is 0.562. The van der Waals surface area contributed by atoms with Crippen molar-refractivity contribution >= 4 is 17.8 Å². The van der Waals surface area contributed by atoms with Gasteiger partial charge in [0, 0.05) is 69.9 Å². The van der Waals surface area contributed by atoms with Crippen molar-refractivity contribution in [3.8, 4) is 0 Å². The summed E-state index contributed by atoms with van der Waals surface area (Å²) < 4.78 is 5.58. The number of hydrogen-bond donors (Lipinski definition) is 2. The van der Waals surface area contributed by atoms with Crippen molar-refractivity contribution in [1.29, 1.82) is 0 Å². The number of piperidine rings is 1. The molecule has 9 heteroatoms. The fourth-order valence-corrected chi connectivity index (χ4v) is 8.92. The third-order valence-electron chi connectivity index (χ3n) is 10.9. The average Bonchev–Trinajstić information content (AvgIpc) is 3.37. The first-order chi connectivity index (χ1) is 20.7. The van der Waals surface area contributed by atoms with E-state index in [1.54, 1.807) is 0 Å². The van der Waals surface area contributed by atoms with Gasteiger partial charge in [0.1, 0.15) is 0 Å². The van der Waals surface area contributed by atoms with Crippen molar-refractivity contribution in [1.82, 2.24) is 25.3 Å². The lowest BCUT2D eigenvalue weighted by Gasteiger charge is -2.49. The van der Waals surface area contributed by atoms with Crippen LogP contribution in [0.15, 0.2) is 30.3 Å². The normalized spacial score (nSPS) is 31.1. The summed E-state index contributed by atoms with van der Waals surface area (Å²) in [5.41, 5.74) is 1.06. The van der Waals surface area contributed by atoms with E-state index in [2.05, 4.69) is 51.3 Å². The Morgan fingerprint density at radius 2 is 1.68 bits per heavy atom. The third-order valence-corrected chi connectivity index (χ3v) is 10.9. The second-order valence-corrected chi connectivity index (χ2v) is 14.3. The summed E-state index contributed by atoms with van der Waals surface area (Å²) in [5, 5.41) is 6.30. The van der Waals surface area contributed by atoms with Gasteiger partial charge in [-0.2, -0.15) is 0 Å². The van der Waals surface area contributed by atoms with Gasteiger partial charge in [-0.05, 0) is 83.1 Å². The van der Waals surface area contributed by atoms with Crippen molar-refractivity contribution in [2.45, 2.75) is 122 Å². The van der Waals surface area contributed by atoms with Crippen molar-refractivity contribution in [2.75, 3.05) is 32.8 Å². The van der Waals surface area contributed by atoms with Gasteiger partial charge in [0.05, 0.1) is 11.6 Å². The quantitative estimate of drug-likeness (QED) is 0.400. The lowest BCUT2D eigenvalue weighted by Crippen LogP contribution is -2.60. The summed E-state index contributed by atoms with van der Waals surface area (Å²) in [4.78, 5) is 45.5. The molecule has 0 aromatic heterocycles. The molecule has 2 unspecified atom stereocenters. The van der Waals surface area contributed by atoms with E-state index < -0.39 is 0 Å².